The van der Waals surface area contributed by atoms with E-state index in [1.807, 2.05) is 13.0 Å². The molecule has 1 atom stereocenters. The van der Waals surface area contributed by atoms with Crippen molar-refractivity contribution in [2.24, 2.45) is 5.73 Å². The third kappa shape index (κ3) is 1.90. The summed E-state index contributed by atoms with van der Waals surface area (Å²) >= 11 is 0. The van der Waals surface area contributed by atoms with Gasteiger partial charge in [0.2, 0.25) is 9.84 Å². The normalized spacial score (nSPS) is 16.7. The summed E-state index contributed by atoms with van der Waals surface area (Å²) in [5.41, 5.74) is 6.54. The zero-order valence-corrected chi connectivity index (χ0v) is 11.9. The molecule has 1 aliphatic rings. The molecule has 1 aliphatic heterocycles. The first kappa shape index (κ1) is 13.1. The Hall–Kier alpha value is -1.85. The van der Waals surface area contributed by atoms with Crippen molar-refractivity contribution in [1.82, 2.24) is 0 Å². The summed E-state index contributed by atoms with van der Waals surface area (Å²) < 4.78 is 31.0. The molecule has 5 heteroatoms. The molecule has 2 N–H and O–H groups in total. The zero-order chi connectivity index (χ0) is 14.3. The first-order valence-corrected chi connectivity index (χ1v) is 7.88. The molecule has 2 aromatic rings. The molecule has 104 valence electrons. The van der Waals surface area contributed by atoms with Crippen LogP contribution in [-0.4, -0.2) is 15.0 Å². The summed E-state index contributed by atoms with van der Waals surface area (Å²) in [4.78, 5) is 0.430. The molecule has 0 fully saturated rings. The topological polar surface area (TPSA) is 69.4 Å². The van der Waals surface area contributed by atoms with Gasteiger partial charge < -0.3 is 10.5 Å². The summed E-state index contributed by atoms with van der Waals surface area (Å²) in [5, 5.41) is 0. The zero-order valence-electron chi connectivity index (χ0n) is 11.0. The van der Waals surface area contributed by atoms with E-state index in [2.05, 4.69) is 0 Å². The van der Waals surface area contributed by atoms with Gasteiger partial charge in [0.25, 0.3) is 0 Å². The molecule has 20 heavy (non-hydrogen) atoms. The number of rotatable bonds is 2. The number of ether oxygens (including phenoxy) is 1. The summed E-state index contributed by atoms with van der Waals surface area (Å²) in [6.45, 7) is 2.43. The van der Waals surface area contributed by atoms with Crippen molar-refractivity contribution in [1.29, 1.82) is 0 Å². The van der Waals surface area contributed by atoms with Gasteiger partial charge in [-0.2, -0.15) is 0 Å². The van der Waals surface area contributed by atoms with E-state index in [1.54, 1.807) is 36.4 Å². The summed E-state index contributed by atoms with van der Waals surface area (Å²) in [5.74, 6) is 0.851. The second kappa shape index (κ2) is 4.61. The SMILES string of the molecule is CC(CN)c1ccc2c(c1)S(=O)(=O)c1ccccc1O2. The van der Waals surface area contributed by atoms with Gasteiger partial charge in [-0.1, -0.05) is 25.1 Å². The van der Waals surface area contributed by atoms with Crippen LogP contribution in [0.1, 0.15) is 18.4 Å². The summed E-state index contributed by atoms with van der Waals surface area (Å²) in [6, 6.07) is 11.9. The third-order valence-electron chi connectivity index (χ3n) is 3.54. The van der Waals surface area contributed by atoms with Crippen molar-refractivity contribution in [2.45, 2.75) is 22.6 Å². The van der Waals surface area contributed by atoms with E-state index in [0.717, 1.165) is 5.56 Å². The lowest BCUT2D eigenvalue weighted by atomic mass is 10.0. The molecule has 3 rings (SSSR count). The smallest absolute Gasteiger partial charge is 0.213 e. The van der Waals surface area contributed by atoms with Crippen LogP contribution >= 0.6 is 0 Å². The summed E-state index contributed by atoms with van der Waals surface area (Å²) in [7, 11) is -3.53. The number of nitrogens with two attached hydrogens (primary N) is 1. The molecule has 0 bridgehead atoms. The molecule has 0 aromatic heterocycles. The maximum Gasteiger partial charge on any atom is 0.213 e. The lowest BCUT2D eigenvalue weighted by Gasteiger charge is -2.21. The van der Waals surface area contributed by atoms with Crippen LogP contribution in [0.2, 0.25) is 0 Å². The van der Waals surface area contributed by atoms with E-state index in [-0.39, 0.29) is 15.7 Å². The van der Waals surface area contributed by atoms with E-state index in [0.29, 0.717) is 18.0 Å². The predicted octanol–water partition coefficient (Wildman–Crippen LogP) is 2.69. The fraction of sp³-hybridized carbons (Fsp3) is 0.200. The van der Waals surface area contributed by atoms with Gasteiger partial charge in [0, 0.05) is 0 Å². The standard InChI is InChI=1S/C15H15NO3S/c1-10(9-16)11-6-7-13-15(8-11)20(17,18)14-5-3-2-4-12(14)19-13/h2-8,10H,9,16H2,1H3. The van der Waals surface area contributed by atoms with Gasteiger partial charge in [0.1, 0.15) is 21.3 Å². The number of fused-ring (bicyclic) bond motifs is 2. The third-order valence-corrected chi connectivity index (χ3v) is 5.35. The maximum atomic E-state index is 12.6. The van der Waals surface area contributed by atoms with Gasteiger partial charge in [-0.15, -0.1) is 0 Å². The number of benzene rings is 2. The molecule has 1 unspecified atom stereocenters. The van der Waals surface area contributed by atoms with Crippen molar-refractivity contribution < 1.29 is 13.2 Å². The second-order valence-electron chi connectivity index (χ2n) is 4.90. The van der Waals surface area contributed by atoms with Crippen LogP contribution in [0.15, 0.2) is 52.3 Å². The monoisotopic (exact) mass is 289 g/mol. The molecule has 0 radical (unpaired) electrons. The molecule has 1 heterocycles. The molecular weight excluding hydrogens is 274 g/mol. The second-order valence-corrected chi connectivity index (χ2v) is 6.78. The van der Waals surface area contributed by atoms with Gasteiger partial charge in [-0.3, -0.25) is 0 Å². The van der Waals surface area contributed by atoms with E-state index < -0.39 is 9.84 Å². The van der Waals surface area contributed by atoms with E-state index in [9.17, 15) is 8.42 Å². The number of para-hydroxylation sites is 1. The highest BCUT2D eigenvalue weighted by molar-refractivity contribution is 7.91. The van der Waals surface area contributed by atoms with Crippen molar-refractivity contribution in [2.75, 3.05) is 6.54 Å². The minimum absolute atomic E-state index is 0.104. The molecule has 0 saturated carbocycles. The molecule has 4 nitrogen and oxygen atoms in total. The minimum Gasteiger partial charge on any atom is -0.455 e. The molecule has 0 saturated heterocycles. The first-order chi connectivity index (χ1) is 9.54. The van der Waals surface area contributed by atoms with E-state index >= 15 is 0 Å². The average molecular weight is 289 g/mol. The first-order valence-electron chi connectivity index (χ1n) is 6.40. The predicted molar refractivity (Wildman–Crippen MR) is 75.9 cm³/mol. The Kier molecular flexibility index (Phi) is 3.03. The number of sulfone groups is 1. The molecular formula is C15H15NO3S. The fourth-order valence-electron chi connectivity index (χ4n) is 2.26. The highest BCUT2D eigenvalue weighted by Crippen LogP contribution is 2.43. The molecule has 0 amide bonds. The van der Waals surface area contributed by atoms with Crippen molar-refractivity contribution in [3.63, 3.8) is 0 Å². The molecule has 0 spiro atoms. The highest BCUT2D eigenvalue weighted by Gasteiger charge is 2.31. The Morgan fingerprint density at radius 1 is 1.10 bits per heavy atom. The quantitative estimate of drug-likeness (QED) is 0.787. The Morgan fingerprint density at radius 2 is 1.80 bits per heavy atom. The van der Waals surface area contributed by atoms with Crippen LogP contribution in [-0.2, 0) is 9.84 Å². The van der Waals surface area contributed by atoms with E-state index in [4.69, 9.17) is 10.5 Å². The summed E-state index contributed by atoms with van der Waals surface area (Å²) in [6.07, 6.45) is 0. The van der Waals surface area contributed by atoms with Crippen LogP contribution in [0.4, 0.5) is 0 Å². The Balaban J connectivity index is 2.20. The van der Waals surface area contributed by atoms with Gasteiger partial charge in [0.15, 0.2) is 0 Å². The molecule has 2 aromatic carbocycles. The van der Waals surface area contributed by atoms with Gasteiger partial charge in [-0.25, -0.2) is 8.42 Å². The van der Waals surface area contributed by atoms with Gasteiger partial charge in [0.05, 0.1) is 0 Å². The number of hydrogen-bond donors (Lipinski definition) is 1. The van der Waals surface area contributed by atoms with Crippen molar-refractivity contribution >= 4 is 9.84 Å². The highest BCUT2D eigenvalue weighted by atomic mass is 32.2. The van der Waals surface area contributed by atoms with Gasteiger partial charge in [-0.05, 0) is 42.3 Å². The fourth-order valence-corrected chi connectivity index (χ4v) is 3.79. The van der Waals surface area contributed by atoms with Crippen LogP contribution < -0.4 is 10.5 Å². The Morgan fingerprint density at radius 3 is 2.55 bits per heavy atom. The Labute approximate surface area is 118 Å². The largest absolute Gasteiger partial charge is 0.455 e. The van der Waals surface area contributed by atoms with Gasteiger partial charge >= 0.3 is 0 Å². The van der Waals surface area contributed by atoms with Crippen LogP contribution in [0.25, 0.3) is 0 Å². The van der Waals surface area contributed by atoms with Crippen molar-refractivity contribution in [3.8, 4) is 11.5 Å². The van der Waals surface area contributed by atoms with E-state index in [1.165, 1.54) is 0 Å². The van der Waals surface area contributed by atoms with Crippen molar-refractivity contribution in [3.05, 3.63) is 48.0 Å². The molecule has 0 aliphatic carbocycles. The Bertz CT molecular complexity index is 768. The van der Waals surface area contributed by atoms with Crippen LogP contribution in [0.5, 0.6) is 11.5 Å². The average Bonchev–Trinajstić information content (AvgIpc) is 2.46. The number of hydrogen-bond acceptors (Lipinski definition) is 4. The lowest BCUT2D eigenvalue weighted by molar-refractivity contribution is 0.442. The maximum absolute atomic E-state index is 12.6. The lowest BCUT2D eigenvalue weighted by Crippen LogP contribution is -2.13. The van der Waals surface area contributed by atoms with Crippen LogP contribution in [0, 0.1) is 0 Å². The minimum atomic E-state index is -3.53. The van der Waals surface area contributed by atoms with Crippen LogP contribution in [0.3, 0.4) is 0 Å².